The number of rotatable bonds is 1. The fourth-order valence-corrected chi connectivity index (χ4v) is 5.00. The molecule has 2 aliphatic rings. The largest absolute Gasteiger partial charge is 0.351 e. The smallest absolute Gasteiger partial charge is 0.233 e. The van der Waals surface area contributed by atoms with Gasteiger partial charge in [0.25, 0.3) is 0 Å². The van der Waals surface area contributed by atoms with Gasteiger partial charge in [0.2, 0.25) is 5.91 Å². The van der Waals surface area contributed by atoms with E-state index in [0.717, 1.165) is 35.3 Å². The van der Waals surface area contributed by atoms with Crippen molar-refractivity contribution in [3.63, 3.8) is 0 Å². The zero-order valence-corrected chi connectivity index (χ0v) is 16.0. The van der Waals surface area contributed by atoms with Gasteiger partial charge in [-0.25, -0.2) is 9.97 Å². The minimum absolute atomic E-state index is 0.0945. The Kier molecular flexibility index (Phi) is 3.03. The van der Waals surface area contributed by atoms with E-state index in [0.29, 0.717) is 0 Å². The van der Waals surface area contributed by atoms with Crippen LogP contribution in [0.5, 0.6) is 0 Å². The highest BCUT2D eigenvalue weighted by Gasteiger charge is 2.73. The first-order valence-corrected chi connectivity index (χ1v) is 9.13. The number of nitrogens with one attached hydrogen (secondary N) is 1. The molecule has 1 aromatic carbocycles. The van der Waals surface area contributed by atoms with Gasteiger partial charge < -0.3 is 5.32 Å². The summed E-state index contributed by atoms with van der Waals surface area (Å²) in [5, 5.41) is 3.23. The Morgan fingerprint density at radius 3 is 2.12 bits per heavy atom. The molecule has 4 nitrogen and oxygen atoms in total. The molecule has 132 valence electrons. The van der Waals surface area contributed by atoms with Crippen LogP contribution in [0.15, 0.2) is 24.3 Å². The van der Waals surface area contributed by atoms with E-state index in [9.17, 15) is 4.79 Å². The van der Waals surface area contributed by atoms with Crippen molar-refractivity contribution in [3.8, 4) is 0 Å². The van der Waals surface area contributed by atoms with E-state index in [4.69, 9.17) is 9.97 Å². The second kappa shape index (κ2) is 4.60. The highest BCUT2D eigenvalue weighted by Crippen LogP contribution is 2.70. The summed E-state index contributed by atoms with van der Waals surface area (Å²) in [7, 11) is 0. The van der Waals surface area contributed by atoms with Crippen LogP contribution in [-0.2, 0) is 15.6 Å². The van der Waals surface area contributed by atoms with E-state index in [1.807, 2.05) is 45.0 Å². The minimum atomic E-state index is -0.610. The Morgan fingerprint density at radius 1 is 1.00 bits per heavy atom. The van der Waals surface area contributed by atoms with Crippen LogP contribution in [0.1, 0.15) is 65.8 Å². The molecule has 2 atom stereocenters. The molecule has 1 amide bonds. The third-order valence-corrected chi connectivity index (χ3v) is 6.82. The molecule has 2 bridgehead atoms. The van der Waals surface area contributed by atoms with Crippen molar-refractivity contribution in [1.29, 1.82) is 0 Å². The lowest BCUT2D eigenvalue weighted by molar-refractivity contribution is -0.132. The summed E-state index contributed by atoms with van der Waals surface area (Å²) < 4.78 is 0. The zero-order valence-electron chi connectivity index (χ0n) is 16.0. The van der Waals surface area contributed by atoms with Gasteiger partial charge in [-0.05, 0) is 51.2 Å². The summed E-state index contributed by atoms with van der Waals surface area (Å²) in [5.41, 5.74) is 2.46. The molecule has 0 spiro atoms. The van der Waals surface area contributed by atoms with Crippen molar-refractivity contribution in [3.05, 3.63) is 35.7 Å². The predicted molar refractivity (Wildman–Crippen MR) is 99.5 cm³/mol. The fourth-order valence-electron chi connectivity index (χ4n) is 5.00. The first-order chi connectivity index (χ1) is 11.5. The molecule has 0 saturated heterocycles. The maximum absolute atomic E-state index is 13.5. The molecular weight excluding hydrogens is 310 g/mol. The lowest BCUT2D eigenvalue weighted by Gasteiger charge is -2.40. The minimum Gasteiger partial charge on any atom is -0.351 e. The molecule has 0 aliphatic heterocycles. The summed E-state index contributed by atoms with van der Waals surface area (Å²) >= 11 is 0. The number of carbonyl (C=O) groups is 1. The van der Waals surface area contributed by atoms with Crippen LogP contribution in [0.4, 0.5) is 0 Å². The first kappa shape index (κ1) is 16.5. The van der Waals surface area contributed by atoms with Crippen LogP contribution >= 0.6 is 0 Å². The third kappa shape index (κ3) is 1.85. The predicted octanol–water partition coefficient (Wildman–Crippen LogP) is 3.87. The second-order valence-electron chi connectivity index (χ2n) is 9.48. The summed E-state index contributed by atoms with van der Waals surface area (Å²) in [6.45, 7) is 12.8. The molecule has 1 saturated carbocycles. The van der Waals surface area contributed by atoms with Gasteiger partial charge in [0.1, 0.15) is 0 Å². The zero-order chi connectivity index (χ0) is 18.3. The molecule has 0 unspecified atom stereocenters. The summed E-state index contributed by atoms with van der Waals surface area (Å²) in [5.74, 6) is 0.0945. The number of carbonyl (C=O) groups excluding carboxylic acids is 1. The van der Waals surface area contributed by atoms with E-state index in [1.54, 1.807) is 0 Å². The fraction of sp³-hybridized carbons (Fsp3) is 0.571. The Balaban J connectivity index is 2.00. The van der Waals surface area contributed by atoms with Crippen molar-refractivity contribution in [2.24, 2.45) is 5.41 Å². The van der Waals surface area contributed by atoms with E-state index >= 15 is 0 Å². The van der Waals surface area contributed by atoms with Gasteiger partial charge in [-0.15, -0.1) is 0 Å². The molecule has 25 heavy (non-hydrogen) atoms. The molecular formula is C21H27N3O. The van der Waals surface area contributed by atoms with Crippen molar-refractivity contribution in [2.75, 3.05) is 0 Å². The summed E-state index contributed by atoms with van der Waals surface area (Å²) in [6, 6.07) is 7.96. The highest BCUT2D eigenvalue weighted by molar-refractivity contribution is 5.93. The lowest BCUT2D eigenvalue weighted by atomic mass is 9.63. The third-order valence-electron chi connectivity index (χ3n) is 6.82. The molecule has 2 aromatic rings. The van der Waals surface area contributed by atoms with Crippen LogP contribution in [-0.4, -0.2) is 21.4 Å². The van der Waals surface area contributed by atoms with Crippen molar-refractivity contribution >= 4 is 16.9 Å². The molecule has 1 heterocycles. The van der Waals surface area contributed by atoms with E-state index in [-0.39, 0.29) is 22.3 Å². The van der Waals surface area contributed by atoms with Gasteiger partial charge in [0.15, 0.2) is 0 Å². The Hall–Kier alpha value is -1.97. The second-order valence-corrected chi connectivity index (χ2v) is 9.48. The van der Waals surface area contributed by atoms with Gasteiger partial charge >= 0.3 is 0 Å². The monoisotopic (exact) mass is 337 g/mol. The number of para-hydroxylation sites is 2. The average molecular weight is 337 g/mol. The average Bonchev–Trinajstić information content (AvgIpc) is 2.80. The number of nitrogens with zero attached hydrogens (tertiary/aromatic N) is 2. The number of hydrogen-bond acceptors (Lipinski definition) is 3. The van der Waals surface area contributed by atoms with E-state index < -0.39 is 5.41 Å². The highest BCUT2D eigenvalue weighted by atomic mass is 16.2. The van der Waals surface area contributed by atoms with Crippen LogP contribution in [0.25, 0.3) is 11.0 Å². The molecule has 0 radical (unpaired) electrons. The summed E-state index contributed by atoms with van der Waals surface area (Å²) in [6.07, 6.45) is 1.80. The quantitative estimate of drug-likeness (QED) is 0.859. The Morgan fingerprint density at radius 2 is 1.56 bits per heavy atom. The van der Waals surface area contributed by atoms with Gasteiger partial charge in [0, 0.05) is 11.0 Å². The van der Waals surface area contributed by atoms with Gasteiger partial charge in [-0.2, -0.15) is 0 Å². The van der Waals surface area contributed by atoms with Crippen molar-refractivity contribution in [1.82, 2.24) is 15.3 Å². The lowest BCUT2D eigenvalue weighted by Crippen LogP contribution is -2.55. The number of aromatic nitrogens is 2. The van der Waals surface area contributed by atoms with E-state index in [2.05, 4.69) is 26.1 Å². The molecule has 1 fully saturated rings. The molecule has 1 aromatic heterocycles. The molecule has 1 N–H and O–H groups in total. The van der Waals surface area contributed by atoms with E-state index in [1.165, 1.54) is 0 Å². The van der Waals surface area contributed by atoms with Crippen LogP contribution in [0, 0.1) is 5.41 Å². The number of benzene rings is 1. The van der Waals surface area contributed by atoms with Gasteiger partial charge in [-0.1, -0.05) is 32.9 Å². The van der Waals surface area contributed by atoms with Gasteiger partial charge in [0.05, 0.1) is 27.8 Å². The molecule has 4 rings (SSSR count). The van der Waals surface area contributed by atoms with Crippen molar-refractivity contribution < 1.29 is 4.79 Å². The molecule has 4 heteroatoms. The van der Waals surface area contributed by atoms with Crippen LogP contribution in [0.2, 0.25) is 0 Å². The topological polar surface area (TPSA) is 54.9 Å². The Bertz CT molecular complexity index is 896. The maximum atomic E-state index is 13.5. The van der Waals surface area contributed by atoms with Gasteiger partial charge in [-0.3, -0.25) is 4.79 Å². The van der Waals surface area contributed by atoms with Crippen molar-refractivity contribution in [2.45, 2.75) is 70.8 Å². The maximum Gasteiger partial charge on any atom is 0.233 e. The SMILES string of the molecule is CC(C)(C)NC(=O)[C@@]12CC[C@](C)(c3nc4ccccc4nc31)C2(C)C. The standard InChI is InChI=1S/C21H27N3O/c1-18(2,3)24-17(25)21-12-11-20(6,19(21,4)5)15-16(21)23-14-10-8-7-9-13(14)22-15/h7-10H,11-12H2,1-6H3,(H,24,25)/t20-,21-/m1/s1. The Labute approximate surface area is 149 Å². The van der Waals surface area contributed by atoms with Crippen LogP contribution in [0.3, 0.4) is 0 Å². The van der Waals surface area contributed by atoms with Crippen LogP contribution < -0.4 is 5.32 Å². The number of hydrogen-bond donors (Lipinski definition) is 1. The number of amides is 1. The number of fused-ring (bicyclic) bond motifs is 6. The first-order valence-electron chi connectivity index (χ1n) is 9.13. The normalized spacial score (nSPS) is 29.7. The summed E-state index contributed by atoms with van der Waals surface area (Å²) in [4.78, 5) is 23.5. The molecule has 2 aliphatic carbocycles.